The molecule has 0 aliphatic heterocycles. The number of nitrogens with zero attached hydrogens (tertiary/aromatic N) is 1. The van der Waals surface area contributed by atoms with Gasteiger partial charge in [-0.15, -0.1) is 0 Å². The molecule has 0 atom stereocenters. The molecule has 0 saturated carbocycles. The van der Waals surface area contributed by atoms with Crippen molar-refractivity contribution in [1.29, 1.82) is 0 Å². The smallest absolute Gasteiger partial charge is 0.352 e. The summed E-state index contributed by atoms with van der Waals surface area (Å²) in [7, 11) is 0. The topological polar surface area (TPSA) is 57.8 Å². The summed E-state index contributed by atoms with van der Waals surface area (Å²) in [5.74, 6) is -1.47. The molecule has 1 amide bonds. The molecule has 2 N–H and O–H groups in total. The average molecular weight is 351 g/mol. The van der Waals surface area contributed by atoms with Crippen molar-refractivity contribution in [3.8, 4) is 0 Å². The fraction of sp³-hybridized carbons (Fsp3) is 0.176. The standard InChI is InChI=1S/C17H13F4N3O/c18-12-6-5-10(9-11(12)17(19,20)21)16(25)22-8-7-15-23-13-3-1-2-4-14(13)24-15/h1-6,9H,7-8H2,(H,22,25)(H,23,24). The number of aromatic nitrogens is 2. The maximum atomic E-state index is 13.2. The van der Waals surface area contributed by atoms with Crippen LogP contribution in [0.2, 0.25) is 0 Å². The second kappa shape index (κ2) is 6.54. The van der Waals surface area contributed by atoms with Crippen LogP contribution in [0, 0.1) is 5.82 Å². The van der Waals surface area contributed by atoms with E-state index in [4.69, 9.17) is 0 Å². The van der Waals surface area contributed by atoms with E-state index in [1.165, 1.54) is 0 Å². The highest BCUT2D eigenvalue weighted by molar-refractivity contribution is 5.94. The molecular formula is C17H13F4N3O. The summed E-state index contributed by atoms with van der Waals surface area (Å²) in [5.41, 5.74) is -0.0647. The molecule has 0 spiro atoms. The number of carbonyl (C=O) groups is 1. The van der Waals surface area contributed by atoms with Crippen molar-refractivity contribution in [3.63, 3.8) is 0 Å². The van der Waals surface area contributed by atoms with Crippen LogP contribution in [0.25, 0.3) is 11.0 Å². The summed E-state index contributed by atoms with van der Waals surface area (Å²) >= 11 is 0. The number of hydrogen-bond acceptors (Lipinski definition) is 2. The molecule has 130 valence electrons. The van der Waals surface area contributed by atoms with Crippen molar-refractivity contribution in [1.82, 2.24) is 15.3 Å². The zero-order valence-corrected chi connectivity index (χ0v) is 12.8. The average Bonchev–Trinajstić information content (AvgIpc) is 2.96. The van der Waals surface area contributed by atoms with Gasteiger partial charge in [-0.1, -0.05) is 12.1 Å². The molecule has 8 heteroatoms. The number of rotatable bonds is 4. The van der Waals surface area contributed by atoms with E-state index < -0.39 is 23.5 Å². The molecular weight excluding hydrogens is 338 g/mol. The lowest BCUT2D eigenvalue weighted by Crippen LogP contribution is -2.26. The van der Waals surface area contributed by atoms with Crippen molar-refractivity contribution < 1.29 is 22.4 Å². The summed E-state index contributed by atoms with van der Waals surface area (Å²) in [5, 5.41) is 2.50. The van der Waals surface area contributed by atoms with Gasteiger partial charge in [-0.25, -0.2) is 9.37 Å². The van der Waals surface area contributed by atoms with E-state index >= 15 is 0 Å². The Morgan fingerprint density at radius 2 is 1.92 bits per heavy atom. The third kappa shape index (κ3) is 3.78. The van der Waals surface area contributed by atoms with Gasteiger partial charge in [0.15, 0.2) is 0 Å². The molecule has 0 unspecified atom stereocenters. The van der Waals surface area contributed by atoms with Crippen molar-refractivity contribution in [2.24, 2.45) is 0 Å². The molecule has 0 aliphatic rings. The first kappa shape index (κ1) is 16.9. The van der Waals surface area contributed by atoms with Crippen LogP contribution in [-0.2, 0) is 12.6 Å². The predicted molar refractivity (Wildman–Crippen MR) is 83.5 cm³/mol. The van der Waals surface area contributed by atoms with E-state index in [0.717, 1.165) is 17.1 Å². The SMILES string of the molecule is O=C(NCCc1nc2ccccc2[nH]1)c1ccc(F)c(C(F)(F)F)c1. The number of hydrogen-bond donors (Lipinski definition) is 2. The summed E-state index contributed by atoms with van der Waals surface area (Å²) < 4.78 is 51.3. The number of para-hydroxylation sites is 2. The van der Waals surface area contributed by atoms with Gasteiger partial charge in [0.25, 0.3) is 5.91 Å². The Bertz CT molecular complexity index is 885. The van der Waals surface area contributed by atoms with Crippen molar-refractivity contribution >= 4 is 16.9 Å². The molecule has 3 aromatic rings. The molecule has 1 heterocycles. The third-order valence-corrected chi connectivity index (χ3v) is 3.62. The highest BCUT2D eigenvalue weighted by Gasteiger charge is 2.34. The monoisotopic (exact) mass is 351 g/mol. The molecule has 0 bridgehead atoms. The third-order valence-electron chi connectivity index (χ3n) is 3.62. The maximum absolute atomic E-state index is 13.2. The minimum atomic E-state index is -4.85. The zero-order valence-electron chi connectivity index (χ0n) is 12.8. The quantitative estimate of drug-likeness (QED) is 0.705. The number of amides is 1. The van der Waals surface area contributed by atoms with Gasteiger partial charge in [-0.3, -0.25) is 4.79 Å². The first-order chi connectivity index (χ1) is 11.8. The summed E-state index contributed by atoms with van der Waals surface area (Å²) in [6.07, 6.45) is -4.47. The second-order valence-electron chi connectivity index (χ2n) is 5.40. The molecule has 0 saturated heterocycles. The Balaban J connectivity index is 1.64. The minimum absolute atomic E-state index is 0.178. The van der Waals surface area contributed by atoms with Crippen LogP contribution in [0.4, 0.5) is 17.6 Å². The number of fused-ring (bicyclic) bond motifs is 1. The van der Waals surface area contributed by atoms with Crippen LogP contribution in [0.5, 0.6) is 0 Å². The molecule has 0 radical (unpaired) electrons. The maximum Gasteiger partial charge on any atom is 0.419 e. The van der Waals surface area contributed by atoms with Crippen molar-refractivity contribution in [2.45, 2.75) is 12.6 Å². The zero-order chi connectivity index (χ0) is 18.0. The second-order valence-corrected chi connectivity index (χ2v) is 5.40. The summed E-state index contributed by atoms with van der Waals surface area (Å²) in [6.45, 7) is 0.178. The molecule has 1 aromatic heterocycles. The van der Waals surface area contributed by atoms with Crippen molar-refractivity contribution in [2.75, 3.05) is 6.54 Å². The predicted octanol–water partition coefficient (Wildman–Crippen LogP) is 3.69. The van der Waals surface area contributed by atoms with Crippen molar-refractivity contribution in [3.05, 3.63) is 65.2 Å². The Morgan fingerprint density at radius 1 is 1.16 bits per heavy atom. The molecule has 25 heavy (non-hydrogen) atoms. The number of benzene rings is 2. The highest BCUT2D eigenvalue weighted by atomic mass is 19.4. The molecule has 0 aliphatic carbocycles. The van der Waals surface area contributed by atoms with Crippen LogP contribution in [0.15, 0.2) is 42.5 Å². The number of imidazole rings is 1. The highest BCUT2D eigenvalue weighted by Crippen LogP contribution is 2.31. The van der Waals surface area contributed by atoms with Gasteiger partial charge in [0.1, 0.15) is 11.6 Å². The van der Waals surface area contributed by atoms with Gasteiger partial charge >= 0.3 is 6.18 Å². The van der Waals surface area contributed by atoms with E-state index in [9.17, 15) is 22.4 Å². The van der Waals surface area contributed by atoms with Gasteiger partial charge in [-0.05, 0) is 30.3 Å². The van der Waals surface area contributed by atoms with Crippen LogP contribution < -0.4 is 5.32 Å². The van der Waals surface area contributed by atoms with E-state index in [-0.39, 0.29) is 12.1 Å². The minimum Gasteiger partial charge on any atom is -0.352 e. The Labute approximate surface area is 139 Å². The Kier molecular flexibility index (Phi) is 4.43. The lowest BCUT2D eigenvalue weighted by atomic mass is 10.1. The summed E-state index contributed by atoms with van der Waals surface area (Å²) in [6, 6.07) is 9.57. The molecule has 4 nitrogen and oxygen atoms in total. The van der Waals surface area contributed by atoms with Gasteiger partial charge in [0.2, 0.25) is 0 Å². The number of carbonyl (C=O) groups excluding carboxylic acids is 1. The fourth-order valence-electron chi connectivity index (χ4n) is 2.40. The Morgan fingerprint density at radius 3 is 2.64 bits per heavy atom. The first-order valence-corrected chi connectivity index (χ1v) is 7.43. The summed E-state index contributed by atoms with van der Waals surface area (Å²) in [4.78, 5) is 19.4. The largest absolute Gasteiger partial charge is 0.419 e. The Hall–Kier alpha value is -2.90. The molecule has 2 aromatic carbocycles. The number of halogens is 4. The van der Waals surface area contributed by atoms with Crippen LogP contribution >= 0.6 is 0 Å². The van der Waals surface area contributed by atoms with E-state index in [2.05, 4.69) is 15.3 Å². The number of aromatic amines is 1. The number of nitrogens with one attached hydrogen (secondary N) is 2. The lowest BCUT2D eigenvalue weighted by Gasteiger charge is -2.10. The number of H-pyrrole nitrogens is 1. The van der Waals surface area contributed by atoms with Gasteiger partial charge in [0.05, 0.1) is 16.6 Å². The van der Waals surface area contributed by atoms with E-state index in [1.54, 1.807) is 0 Å². The van der Waals surface area contributed by atoms with Gasteiger partial charge in [0, 0.05) is 18.5 Å². The van der Waals surface area contributed by atoms with Crippen LogP contribution in [-0.4, -0.2) is 22.4 Å². The normalized spacial score (nSPS) is 11.7. The first-order valence-electron chi connectivity index (χ1n) is 7.43. The molecule has 3 rings (SSSR count). The van der Waals surface area contributed by atoms with E-state index in [0.29, 0.717) is 24.4 Å². The number of alkyl halides is 3. The van der Waals surface area contributed by atoms with Crippen LogP contribution in [0.3, 0.4) is 0 Å². The fourth-order valence-corrected chi connectivity index (χ4v) is 2.40. The van der Waals surface area contributed by atoms with E-state index in [1.807, 2.05) is 24.3 Å². The lowest BCUT2D eigenvalue weighted by molar-refractivity contribution is -0.140. The van der Waals surface area contributed by atoms with Gasteiger partial charge < -0.3 is 10.3 Å². The van der Waals surface area contributed by atoms with Crippen LogP contribution in [0.1, 0.15) is 21.7 Å². The molecule has 0 fully saturated rings. The van der Waals surface area contributed by atoms with Gasteiger partial charge in [-0.2, -0.15) is 13.2 Å².